The van der Waals surface area contributed by atoms with Gasteiger partial charge in [-0.25, -0.2) is 4.39 Å². The molecule has 6 rings (SSSR count). The van der Waals surface area contributed by atoms with Gasteiger partial charge in [-0.15, -0.1) is 0 Å². The van der Waals surface area contributed by atoms with Gasteiger partial charge in [0.1, 0.15) is 34.9 Å². The second-order valence-electron chi connectivity index (χ2n) is 9.23. The summed E-state index contributed by atoms with van der Waals surface area (Å²) in [6.07, 6.45) is 1.76. The Morgan fingerprint density at radius 1 is 0.949 bits per heavy atom. The summed E-state index contributed by atoms with van der Waals surface area (Å²) >= 11 is 9.28. The molecular weight excluding hydrogens is 577 g/mol. The lowest BCUT2D eigenvalue weighted by Crippen LogP contribution is -2.29. The number of pyridine rings is 1. The van der Waals surface area contributed by atoms with E-state index in [1.807, 2.05) is 90.7 Å². The molecule has 3 heterocycles. The smallest absolute Gasteiger partial charge is 0.174 e. The Labute approximate surface area is 239 Å². The number of halogens is 2. The lowest BCUT2D eigenvalue weighted by Gasteiger charge is -2.26. The lowest BCUT2D eigenvalue weighted by molar-refractivity contribution is 0.439. The van der Waals surface area contributed by atoms with Gasteiger partial charge < -0.3 is 19.4 Å². The number of hydrogen-bond donors (Lipinski definition) is 1. The predicted octanol–water partition coefficient (Wildman–Crippen LogP) is 8.52. The van der Waals surface area contributed by atoms with Crippen LogP contribution in [0.5, 0.6) is 11.5 Å². The Kier molecular flexibility index (Phi) is 6.89. The molecule has 8 heteroatoms. The van der Waals surface area contributed by atoms with E-state index in [1.54, 1.807) is 12.3 Å². The van der Waals surface area contributed by atoms with Crippen LogP contribution in [0.4, 0.5) is 10.1 Å². The molecule has 0 spiro atoms. The van der Waals surface area contributed by atoms with Gasteiger partial charge >= 0.3 is 0 Å². The van der Waals surface area contributed by atoms with Crippen molar-refractivity contribution in [1.29, 1.82) is 0 Å². The summed E-state index contributed by atoms with van der Waals surface area (Å²) in [5.74, 6) is 2.49. The first-order chi connectivity index (χ1) is 19.0. The minimum atomic E-state index is -0.320. The fraction of sp³-hybridized carbons (Fsp3) is 0.0968. The molecule has 194 valence electrons. The third-order valence-corrected chi connectivity index (χ3v) is 7.56. The Hall–Kier alpha value is -4.01. The van der Waals surface area contributed by atoms with E-state index in [-0.39, 0.29) is 17.9 Å². The number of ether oxygens (including phenoxy) is 1. The number of aromatic nitrogens is 1. The van der Waals surface area contributed by atoms with E-state index >= 15 is 0 Å². The van der Waals surface area contributed by atoms with Gasteiger partial charge in [-0.1, -0.05) is 23.8 Å². The number of hydrogen-bond acceptors (Lipinski definition) is 4. The monoisotopic (exact) mass is 599 g/mol. The van der Waals surface area contributed by atoms with Gasteiger partial charge in [0.15, 0.2) is 5.11 Å². The molecule has 1 fully saturated rings. The summed E-state index contributed by atoms with van der Waals surface area (Å²) in [6.45, 7) is 2.04. The van der Waals surface area contributed by atoms with Crippen molar-refractivity contribution >= 4 is 38.9 Å². The molecule has 1 aliphatic heterocycles. The molecule has 1 aliphatic rings. The molecule has 0 saturated carbocycles. The highest BCUT2D eigenvalue weighted by atomic mass is 79.9. The first kappa shape index (κ1) is 25.3. The minimum Gasteiger partial charge on any atom is -0.459 e. The van der Waals surface area contributed by atoms with Crippen LogP contribution < -0.4 is 15.0 Å². The maximum Gasteiger partial charge on any atom is 0.174 e. The van der Waals surface area contributed by atoms with Crippen molar-refractivity contribution in [2.24, 2.45) is 0 Å². The Morgan fingerprint density at radius 3 is 2.38 bits per heavy atom. The van der Waals surface area contributed by atoms with E-state index < -0.39 is 0 Å². The quantitative estimate of drug-likeness (QED) is 0.197. The van der Waals surface area contributed by atoms with Crippen LogP contribution in [0.15, 0.2) is 112 Å². The van der Waals surface area contributed by atoms with E-state index in [4.69, 9.17) is 21.4 Å². The summed E-state index contributed by atoms with van der Waals surface area (Å²) in [5.41, 5.74) is 3.66. The first-order valence-electron chi connectivity index (χ1n) is 12.4. The fourth-order valence-corrected chi connectivity index (χ4v) is 5.58. The fourth-order valence-electron chi connectivity index (χ4n) is 4.68. The Morgan fingerprint density at radius 2 is 1.69 bits per heavy atom. The summed E-state index contributed by atoms with van der Waals surface area (Å²) in [5, 5.41) is 4.00. The average Bonchev–Trinajstić information content (AvgIpc) is 3.55. The number of nitrogens with one attached hydrogen (secondary N) is 1. The first-order valence-corrected chi connectivity index (χ1v) is 13.6. The van der Waals surface area contributed by atoms with Crippen LogP contribution in [0.3, 0.4) is 0 Å². The van der Waals surface area contributed by atoms with Crippen molar-refractivity contribution in [2.45, 2.75) is 19.0 Å². The molecule has 0 aliphatic carbocycles. The average molecular weight is 601 g/mol. The van der Waals surface area contributed by atoms with Crippen LogP contribution in [0.2, 0.25) is 0 Å². The predicted molar refractivity (Wildman–Crippen MR) is 157 cm³/mol. The SMILES string of the molecule is Cc1ccc(Oc2ccc(N3C(=S)N[C@@H](c4ccccn4)[C@H]3c3ccc(-c4ccc(F)cc4Br)o3)cc2)cc1. The molecule has 39 heavy (non-hydrogen) atoms. The van der Waals surface area contributed by atoms with Crippen LogP contribution in [-0.4, -0.2) is 10.1 Å². The van der Waals surface area contributed by atoms with Crippen LogP contribution >= 0.6 is 28.1 Å². The second kappa shape index (κ2) is 10.6. The minimum absolute atomic E-state index is 0.252. The molecule has 0 radical (unpaired) electrons. The Bertz CT molecular complexity index is 1620. The van der Waals surface area contributed by atoms with E-state index in [9.17, 15) is 4.39 Å². The number of furan rings is 1. The van der Waals surface area contributed by atoms with E-state index in [1.165, 1.54) is 17.7 Å². The summed E-state index contributed by atoms with van der Waals surface area (Å²) in [6, 6.07) is 29.3. The molecule has 2 atom stereocenters. The van der Waals surface area contributed by atoms with Gasteiger partial charge in [-0.3, -0.25) is 4.98 Å². The Balaban J connectivity index is 1.35. The maximum atomic E-state index is 13.7. The van der Waals surface area contributed by atoms with Crippen LogP contribution in [-0.2, 0) is 0 Å². The molecule has 2 aromatic heterocycles. The second-order valence-corrected chi connectivity index (χ2v) is 10.5. The van der Waals surface area contributed by atoms with Crippen LogP contribution in [0.25, 0.3) is 11.3 Å². The molecule has 0 bridgehead atoms. The van der Waals surface area contributed by atoms with Crippen LogP contribution in [0, 0.1) is 12.7 Å². The third kappa shape index (κ3) is 5.17. The van der Waals surface area contributed by atoms with Gasteiger partial charge in [0.2, 0.25) is 0 Å². The van der Waals surface area contributed by atoms with Crippen LogP contribution in [0.1, 0.15) is 29.1 Å². The highest BCUT2D eigenvalue weighted by molar-refractivity contribution is 9.10. The number of thiocarbonyl (C=S) groups is 1. The lowest BCUT2D eigenvalue weighted by atomic mass is 10.0. The van der Waals surface area contributed by atoms with Crippen molar-refractivity contribution in [3.05, 3.63) is 131 Å². The van der Waals surface area contributed by atoms with Gasteiger partial charge in [0, 0.05) is 21.9 Å². The van der Waals surface area contributed by atoms with Gasteiger partial charge in [0.25, 0.3) is 0 Å². The largest absolute Gasteiger partial charge is 0.459 e. The molecule has 5 aromatic rings. The number of nitrogens with zero attached hydrogens (tertiary/aromatic N) is 2. The maximum absolute atomic E-state index is 13.7. The van der Waals surface area contributed by atoms with Gasteiger partial charge in [0.05, 0.1) is 11.7 Å². The van der Waals surface area contributed by atoms with Crippen molar-refractivity contribution in [3.63, 3.8) is 0 Å². The zero-order valence-corrected chi connectivity index (χ0v) is 23.2. The third-order valence-electron chi connectivity index (χ3n) is 6.58. The molecular formula is C31H23BrFN3O2S. The molecule has 1 saturated heterocycles. The summed E-state index contributed by atoms with van der Waals surface area (Å²) in [7, 11) is 0. The van der Waals surface area contributed by atoms with Crippen molar-refractivity contribution in [3.8, 4) is 22.8 Å². The van der Waals surface area contributed by atoms with Gasteiger partial charge in [-0.2, -0.15) is 0 Å². The van der Waals surface area contributed by atoms with Crippen molar-refractivity contribution in [2.75, 3.05) is 4.90 Å². The van der Waals surface area contributed by atoms with E-state index in [0.29, 0.717) is 21.1 Å². The molecule has 3 aromatic carbocycles. The highest BCUT2D eigenvalue weighted by Gasteiger charge is 2.42. The summed E-state index contributed by atoms with van der Waals surface area (Å²) < 4.78 is 26.7. The van der Waals surface area contributed by atoms with Gasteiger partial charge in [-0.05, 0) is 114 Å². The number of benzene rings is 3. The van der Waals surface area contributed by atoms with E-state index in [2.05, 4.69) is 26.2 Å². The topological polar surface area (TPSA) is 50.5 Å². The molecule has 0 unspecified atom stereocenters. The zero-order chi connectivity index (χ0) is 26.9. The number of anilines is 1. The summed E-state index contributed by atoms with van der Waals surface area (Å²) in [4.78, 5) is 6.63. The van der Waals surface area contributed by atoms with Crippen molar-refractivity contribution in [1.82, 2.24) is 10.3 Å². The zero-order valence-electron chi connectivity index (χ0n) is 20.8. The van der Waals surface area contributed by atoms with Crippen molar-refractivity contribution < 1.29 is 13.5 Å². The molecule has 0 amide bonds. The van der Waals surface area contributed by atoms with E-state index in [0.717, 1.165) is 28.4 Å². The highest BCUT2D eigenvalue weighted by Crippen LogP contribution is 2.44. The number of aryl methyl sites for hydroxylation is 1. The standard InChI is InChI=1S/C31H23BrFN3O2S/c1-19-5-10-22(11-6-19)37-23-12-8-21(9-13-23)36-30(29(35-31(36)39)26-4-2-3-17-34-26)28-16-15-27(38-28)24-14-7-20(33)18-25(24)32/h2-18,29-30H,1H3,(H,35,39)/t29-,30+/m0/s1. The number of rotatable bonds is 6. The molecule has 5 nitrogen and oxygen atoms in total. The molecule has 1 N–H and O–H groups in total. The normalized spacial score (nSPS) is 16.8.